The van der Waals surface area contributed by atoms with Gasteiger partial charge in [-0.3, -0.25) is 0 Å². The van der Waals surface area contributed by atoms with Crippen molar-refractivity contribution in [3.8, 4) is 17.2 Å². The van der Waals surface area contributed by atoms with Crippen LogP contribution >= 0.6 is 0 Å². The number of hydrogen-bond donors (Lipinski definition) is 1. The van der Waals surface area contributed by atoms with Crippen LogP contribution in [0.4, 0.5) is 0 Å². The Morgan fingerprint density at radius 1 is 1.15 bits per heavy atom. The maximum absolute atomic E-state index is 12.7. The molecule has 0 spiro atoms. The van der Waals surface area contributed by atoms with Crippen molar-refractivity contribution in [3.63, 3.8) is 0 Å². The zero-order chi connectivity index (χ0) is 19.4. The summed E-state index contributed by atoms with van der Waals surface area (Å²) < 4.78 is 38.6. The highest BCUT2D eigenvalue weighted by Gasteiger charge is 2.21. The van der Waals surface area contributed by atoms with Gasteiger partial charge in [-0.25, -0.2) is 13.1 Å². The lowest BCUT2D eigenvalue weighted by Gasteiger charge is -2.10. The molecule has 0 aliphatic carbocycles. The van der Waals surface area contributed by atoms with E-state index in [0.29, 0.717) is 17.1 Å². The van der Waals surface area contributed by atoms with E-state index >= 15 is 0 Å². The summed E-state index contributed by atoms with van der Waals surface area (Å²) in [5.74, 6) is 1.31. The molecular formula is C19H21N3O4S. The maximum Gasteiger partial charge on any atom is 0.261 e. The van der Waals surface area contributed by atoms with Crippen molar-refractivity contribution in [1.29, 1.82) is 0 Å². The van der Waals surface area contributed by atoms with Gasteiger partial charge in [-0.1, -0.05) is 49.3 Å². The average Bonchev–Trinajstić information content (AvgIpc) is 3.17. The van der Waals surface area contributed by atoms with Gasteiger partial charge in [0, 0.05) is 12.5 Å². The minimum absolute atomic E-state index is 0.0907. The normalized spacial score (nSPS) is 11.7. The highest BCUT2D eigenvalue weighted by molar-refractivity contribution is 7.89. The van der Waals surface area contributed by atoms with Gasteiger partial charge in [-0.2, -0.15) is 4.98 Å². The number of hydrogen-bond acceptors (Lipinski definition) is 6. The topological polar surface area (TPSA) is 94.3 Å². The zero-order valence-electron chi connectivity index (χ0n) is 15.3. The van der Waals surface area contributed by atoms with E-state index in [9.17, 15) is 8.42 Å². The lowest BCUT2D eigenvalue weighted by molar-refractivity contribution is 0.401. The van der Waals surface area contributed by atoms with Crippen LogP contribution in [0.3, 0.4) is 0 Å². The first-order valence-corrected chi connectivity index (χ1v) is 9.94. The Labute approximate surface area is 158 Å². The van der Waals surface area contributed by atoms with Crippen molar-refractivity contribution in [2.24, 2.45) is 0 Å². The number of benzene rings is 2. The Kier molecular flexibility index (Phi) is 5.57. The van der Waals surface area contributed by atoms with Gasteiger partial charge >= 0.3 is 0 Å². The predicted molar refractivity (Wildman–Crippen MR) is 101 cm³/mol. The number of ether oxygens (including phenoxy) is 1. The van der Waals surface area contributed by atoms with Gasteiger partial charge in [0.15, 0.2) is 5.82 Å². The third kappa shape index (κ3) is 4.35. The summed E-state index contributed by atoms with van der Waals surface area (Å²) in [6, 6.07) is 13.8. The first kappa shape index (κ1) is 19.1. The fourth-order valence-corrected chi connectivity index (χ4v) is 3.50. The van der Waals surface area contributed by atoms with Gasteiger partial charge in [-0.05, 0) is 23.8 Å². The minimum Gasteiger partial charge on any atom is -0.496 e. The number of nitrogens with one attached hydrogen (secondary N) is 1. The van der Waals surface area contributed by atoms with Crippen LogP contribution in [0.2, 0.25) is 0 Å². The number of sulfonamides is 1. The van der Waals surface area contributed by atoms with Crippen LogP contribution in [0, 0.1) is 0 Å². The van der Waals surface area contributed by atoms with Crippen molar-refractivity contribution < 1.29 is 17.7 Å². The summed E-state index contributed by atoms with van der Waals surface area (Å²) in [5, 5.41) is 3.93. The molecular weight excluding hydrogens is 366 g/mol. The molecule has 0 saturated heterocycles. The number of methoxy groups -OCH3 is 1. The molecule has 0 unspecified atom stereocenters. The second kappa shape index (κ2) is 7.89. The van der Waals surface area contributed by atoms with Crippen LogP contribution in [0.25, 0.3) is 11.5 Å². The standard InChI is InChI=1S/C19H21N3O4S/c1-13(2)18-21-19(26-22-18)16-11-15(9-10-17(16)25-3)27(23,24)20-12-14-7-5-4-6-8-14/h4-11,13,20H,12H2,1-3H3. The largest absolute Gasteiger partial charge is 0.496 e. The summed E-state index contributed by atoms with van der Waals surface area (Å²) in [5.41, 5.74) is 1.30. The Morgan fingerprint density at radius 3 is 2.52 bits per heavy atom. The molecule has 142 valence electrons. The molecule has 0 bridgehead atoms. The molecule has 0 amide bonds. The molecule has 1 N–H and O–H groups in total. The lowest BCUT2D eigenvalue weighted by Crippen LogP contribution is -2.23. The molecule has 1 aromatic heterocycles. The Morgan fingerprint density at radius 2 is 1.89 bits per heavy atom. The van der Waals surface area contributed by atoms with Crippen molar-refractivity contribution >= 4 is 10.0 Å². The molecule has 0 aliphatic heterocycles. The highest BCUT2D eigenvalue weighted by atomic mass is 32.2. The monoisotopic (exact) mass is 387 g/mol. The fourth-order valence-electron chi connectivity index (χ4n) is 2.46. The predicted octanol–water partition coefficient (Wildman–Crippen LogP) is 3.35. The Bertz CT molecular complexity index is 1010. The third-order valence-electron chi connectivity index (χ3n) is 3.98. The zero-order valence-corrected chi connectivity index (χ0v) is 16.2. The molecule has 0 atom stereocenters. The van der Waals surface area contributed by atoms with E-state index in [-0.39, 0.29) is 23.2 Å². The van der Waals surface area contributed by atoms with Gasteiger partial charge < -0.3 is 9.26 Å². The molecule has 0 fully saturated rings. The van der Waals surface area contributed by atoms with E-state index < -0.39 is 10.0 Å². The van der Waals surface area contributed by atoms with Crippen molar-refractivity contribution in [2.45, 2.75) is 31.2 Å². The van der Waals surface area contributed by atoms with Crippen LogP contribution < -0.4 is 9.46 Å². The Balaban J connectivity index is 1.91. The van der Waals surface area contributed by atoms with E-state index in [1.165, 1.54) is 19.2 Å². The molecule has 7 nitrogen and oxygen atoms in total. The van der Waals surface area contributed by atoms with Crippen LogP contribution in [-0.2, 0) is 16.6 Å². The van der Waals surface area contributed by atoms with E-state index in [1.807, 2.05) is 44.2 Å². The molecule has 27 heavy (non-hydrogen) atoms. The van der Waals surface area contributed by atoms with Crippen LogP contribution in [-0.4, -0.2) is 25.7 Å². The van der Waals surface area contributed by atoms with Gasteiger partial charge in [0.25, 0.3) is 5.89 Å². The number of aromatic nitrogens is 2. The average molecular weight is 387 g/mol. The van der Waals surface area contributed by atoms with Crippen molar-refractivity contribution in [3.05, 3.63) is 59.9 Å². The molecule has 3 rings (SSSR count). The molecule has 1 heterocycles. The molecule has 3 aromatic rings. The first-order chi connectivity index (χ1) is 12.9. The Hall–Kier alpha value is -2.71. The number of nitrogens with zero attached hydrogens (tertiary/aromatic N) is 2. The molecule has 8 heteroatoms. The van der Waals surface area contributed by atoms with E-state index in [4.69, 9.17) is 9.26 Å². The minimum atomic E-state index is -3.72. The molecule has 0 saturated carbocycles. The quantitative estimate of drug-likeness (QED) is 0.668. The van der Waals surface area contributed by atoms with Gasteiger partial charge in [0.05, 0.1) is 17.6 Å². The van der Waals surface area contributed by atoms with E-state index in [1.54, 1.807) is 6.07 Å². The summed E-state index contributed by atoms with van der Waals surface area (Å²) in [7, 11) is -2.22. The van der Waals surface area contributed by atoms with Crippen LogP contribution in [0.15, 0.2) is 57.9 Å². The van der Waals surface area contributed by atoms with Crippen molar-refractivity contribution in [1.82, 2.24) is 14.9 Å². The third-order valence-corrected chi connectivity index (χ3v) is 5.38. The van der Waals surface area contributed by atoms with Gasteiger partial charge in [0.1, 0.15) is 5.75 Å². The summed E-state index contributed by atoms with van der Waals surface area (Å²) in [6.45, 7) is 4.09. The van der Waals surface area contributed by atoms with Crippen LogP contribution in [0.5, 0.6) is 5.75 Å². The molecule has 0 aliphatic rings. The second-order valence-corrected chi connectivity index (χ2v) is 8.05. The number of rotatable bonds is 7. The first-order valence-electron chi connectivity index (χ1n) is 8.46. The SMILES string of the molecule is COc1ccc(S(=O)(=O)NCc2ccccc2)cc1-c1nc(C(C)C)no1. The van der Waals surface area contributed by atoms with E-state index in [2.05, 4.69) is 14.9 Å². The maximum atomic E-state index is 12.7. The van der Waals surface area contributed by atoms with Gasteiger partial charge in [0.2, 0.25) is 10.0 Å². The second-order valence-electron chi connectivity index (χ2n) is 6.28. The smallest absolute Gasteiger partial charge is 0.261 e. The summed E-state index contributed by atoms with van der Waals surface area (Å²) >= 11 is 0. The van der Waals surface area contributed by atoms with E-state index in [0.717, 1.165) is 5.56 Å². The lowest BCUT2D eigenvalue weighted by atomic mass is 10.2. The molecule has 0 radical (unpaired) electrons. The summed E-state index contributed by atoms with van der Waals surface area (Å²) in [4.78, 5) is 4.43. The van der Waals surface area contributed by atoms with Crippen LogP contribution in [0.1, 0.15) is 31.2 Å². The summed E-state index contributed by atoms with van der Waals surface area (Å²) in [6.07, 6.45) is 0. The van der Waals surface area contributed by atoms with Gasteiger partial charge in [-0.15, -0.1) is 0 Å². The van der Waals surface area contributed by atoms with Crippen molar-refractivity contribution in [2.75, 3.05) is 7.11 Å². The fraction of sp³-hybridized carbons (Fsp3) is 0.263. The highest BCUT2D eigenvalue weighted by Crippen LogP contribution is 2.32. The molecule has 2 aromatic carbocycles.